The molecule has 0 fully saturated rings. The molecule has 6 aromatic heterocycles. The minimum Gasteiger partial charge on any atom is -0.359 e. The van der Waals surface area contributed by atoms with Crippen LogP contribution in [0.4, 0.5) is 23.0 Å². The molecule has 0 spiro atoms. The predicted octanol–water partition coefficient (Wildman–Crippen LogP) is 18.1. The van der Waals surface area contributed by atoms with Gasteiger partial charge in [-0.2, -0.15) is 0 Å². The molecule has 9 aromatic carbocycles. The van der Waals surface area contributed by atoms with Crippen molar-refractivity contribution in [3.63, 3.8) is 0 Å². The summed E-state index contributed by atoms with van der Waals surface area (Å²) < 4.78 is 10.2. The van der Waals surface area contributed by atoms with Crippen LogP contribution >= 0.6 is 22.7 Å². The van der Waals surface area contributed by atoms with Crippen molar-refractivity contribution in [2.75, 3.05) is 23.9 Å². The molecule has 76 heavy (non-hydrogen) atoms. The van der Waals surface area contributed by atoms with Crippen LogP contribution in [0.25, 0.3) is 139 Å². The molecule has 0 bridgehead atoms. The fraction of sp³-hybridized carbons (Fsp3) is 0.0588. The highest BCUT2D eigenvalue weighted by Gasteiger charge is 2.36. The minimum atomic E-state index is 0.0789. The lowest BCUT2D eigenvalue weighted by Gasteiger charge is -2.32. The molecule has 2 unspecified atom stereocenters. The van der Waals surface area contributed by atoms with Gasteiger partial charge in [0.25, 0.3) is 0 Å². The Morgan fingerprint density at radius 1 is 0.395 bits per heavy atom. The molecule has 0 saturated carbocycles. The molecule has 2 aliphatic carbocycles. The number of likely N-dealkylation sites (N-methyl/N-ethyl adjacent to an activating group) is 2. The molecule has 2 atom stereocenters. The lowest BCUT2D eigenvalue weighted by Crippen LogP contribution is -2.39. The van der Waals surface area contributed by atoms with Crippen molar-refractivity contribution in [3.8, 4) is 22.3 Å². The zero-order valence-corrected chi connectivity index (χ0v) is 42.8. The van der Waals surface area contributed by atoms with E-state index in [9.17, 15) is 0 Å². The predicted molar refractivity (Wildman–Crippen MR) is 328 cm³/mol. The second-order valence-corrected chi connectivity index (χ2v) is 23.4. The highest BCUT2D eigenvalue weighted by atomic mass is 32.1. The van der Waals surface area contributed by atoms with Crippen LogP contribution in [-0.4, -0.2) is 46.4 Å². The van der Waals surface area contributed by atoms with E-state index in [0.29, 0.717) is 0 Å². The average Bonchev–Trinajstić information content (AvgIpc) is 4.18. The summed E-state index contributed by atoms with van der Waals surface area (Å²) in [6, 6.07) is 55.5. The molecule has 0 radical (unpaired) electrons. The fourth-order valence-electron chi connectivity index (χ4n) is 14.2. The van der Waals surface area contributed by atoms with Crippen LogP contribution < -0.4 is 9.80 Å². The van der Waals surface area contributed by atoms with Gasteiger partial charge in [0, 0.05) is 77.4 Å². The second-order valence-electron chi connectivity index (χ2n) is 21.3. The third-order valence-electron chi connectivity index (χ3n) is 17.6. The number of aromatic nitrogens is 2. The molecular formula is C68H40N6S2. The summed E-state index contributed by atoms with van der Waals surface area (Å²) in [6.45, 7) is 0. The Bertz CT molecular complexity index is 5410. The first-order chi connectivity index (χ1) is 37.5. The van der Waals surface area contributed by atoms with Crippen LogP contribution in [-0.2, 0) is 0 Å². The lowest BCUT2D eigenvalue weighted by atomic mass is 9.95. The third kappa shape index (κ3) is 4.89. The van der Waals surface area contributed by atoms with Gasteiger partial charge < -0.3 is 9.80 Å². The summed E-state index contributed by atoms with van der Waals surface area (Å²) in [5.74, 6) is 2.03. The van der Waals surface area contributed by atoms with Crippen molar-refractivity contribution in [1.29, 1.82) is 0 Å². The van der Waals surface area contributed by atoms with Crippen LogP contribution in [0.1, 0.15) is 0 Å². The summed E-state index contributed by atoms with van der Waals surface area (Å²) >= 11 is 3.82. The summed E-state index contributed by atoms with van der Waals surface area (Å²) in [5, 5.41) is 17.8. The largest absolute Gasteiger partial charge is 0.359 e. The van der Waals surface area contributed by atoms with Gasteiger partial charge in [-0.05, 0) is 92.3 Å². The summed E-state index contributed by atoms with van der Waals surface area (Å²) in [4.78, 5) is 16.0. The van der Waals surface area contributed by atoms with Gasteiger partial charge in [0.2, 0.25) is 0 Å². The van der Waals surface area contributed by atoms with E-state index in [1.54, 1.807) is 0 Å². The molecular weight excluding hydrogens is 965 g/mol. The quantitative estimate of drug-likeness (QED) is 0.173. The number of benzene rings is 9. The molecule has 19 rings (SSSR count). The third-order valence-corrected chi connectivity index (χ3v) is 19.9. The van der Waals surface area contributed by atoms with Crippen molar-refractivity contribution in [1.82, 2.24) is 8.80 Å². The Hall–Kier alpha value is -9.08. The topological polar surface area (TPSA) is 40.0 Å². The van der Waals surface area contributed by atoms with Crippen molar-refractivity contribution >= 4 is 173 Å². The second kappa shape index (κ2) is 14.0. The first kappa shape index (κ1) is 40.3. The Labute approximate surface area is 441 Å². The highest BCUT2D eigenvalue weighted by Crippen LogP contribution is 2.56. The van der Waals surface area contributed by atoms with Gasteiger partial charge in [-0.15, -0.1) is 22.7 Å². The van der Waals surface area contributed by atoms with Crippen LogP contribution in [0.3, 0.4) is 0 Å². The lowest BCUT2D eigenvalue weighted by molar-refractivity contribution is 0.912. The minimum absolute atomic E-state index is 0.0789. The molecule has 2 aliphatic heterocycles. The first-order valence-corrected chi connectivity index (χ1v) is 27.8. The van der Waals surface area contributed by atoms with Gasteiger partial charge in [-0.3, -0.25) is 8.80 Å². The number of fused-ring (bicyclic) bond motifs is 25. The fourth-order valence-corrected chi connectivity index (χ4v) is 16.7. The normalized spacial score (nSPS) is 17.2. The zero-order valence-electron chi connectivity index (χ0n) is 41.1. The van der Waals surface area contributed by atoms with Crippen molar-refractivity contribution < 1.29 is 0 Å². The van der Waals surface area contributed by atoms with E-state index in [1.807, 2.05) is 22.7 Å². The highest BCUT2D eigenvalue weighted by molar-refractivity contribution is 7.27. The van der Waals surface area contributed by atoms with Crippen LogP contribution in [0, 0.1) is 0 Å². The van der Waals surface area contributed by atoms with Gasteiger partial charge in [0.05, 0.1) is 66.3 Å². The number of allylic oxidation sites excluding steroid dienone is 4. The molecule has 0 N–H and O–H groups in total. The van der Waals surface area contributed by atoms with E-state index in [2.05, 4.69) is 227 Å². The number of rotatable bonds is 2. The van der Waals surface area contributed by atoms with Crippen LogP contribution in [0.5, 0.6) is 0 Å². The first-order valence-electron chi connectivity index (χ1n) is 26.2. The molecule has 6 nitrogen and oxygen atoms in total. The van der Waals surface area contributed by atoms with E-state index in [-0.39, 0.29) is 12.1 Å². The monoisotopic (exact) mass is 1000 g/mol. The smallest absolute Gasteiger partial charge is 0.162 e. The molecule has 15 aromatic rings. The van der Waals surface area contributed by atoms with Gasteiger partial charge in [0.15, 0.2) is 11.6 Å². The van der Waals surface area contributed by atoms with Gasteiger partial charge in [-0.25, -0.2) is 9.98 Å². The summed E-state index contributed by atoms with van der Waals surface area (Å²) in [7, 11) is 4.47. The maximum atomic E-state index is 5.57. The van der Waals surface area contributed by atoms with E-state index in [1.165, 1.54) is 150 Å². The number of hydrogen-bond acceptors (Lipinski definition) is 6. The number of hydrogen-bond donors (Lipinski definition) is 0. The van der Waals surface area contributed by atoms with Gasteiger partial charge >= 0.3 is 0 Å². The molecule has 8 heterocycles. The van der Waals surface area contributed by atoms with E-state index >= 15 is 0 Å². The molecule has 8 heteroatoms. The number of anilines is 2. The molecule has 0 amide bonds. The maximum Gasteiger partial charge on any atom is 0.162 e. The molecule has 354 valence electrons. The van der Waals surface area contributed by atoms with E-state index in [4.69, 9.17) is 9.98 Å². The Morgan fingerprint density at radius 2 is 0.974 bits per heavy atom. The number of aliphatic imine (C=N–C) groups is 2. The van der Waals surface area contributed by atoms with Crippen LogP contribution in [0.15, 0.2) is 204 Å². The Balaban J connectivity index is 0.864. The Morgan fingerprint density at radius 3 is 1.74 bits per heavy atom. The van der Waals surface area contributed by atoms with Gasteiger partial charge in [-0.1, -0.05) is 146 Å². The van der Waals surface area contributed by atoms with Gasteiger partial charge in [0.1, 0.15) is 0 Å². The number of nitrogens with zero attached hydrogens (tertiary/aromatic N) is 6. The standard InChI is InChI=1S/C68H40N6S2/c1-71-53-17-9-7-15-51(53)69-67-63(71)48-29-24-42(58-47-28-26-45-49-32-38(37-20-19-35-11-3-4-12-36(35)31-37)22-30-55(49)75-66(45)62(47)73(67)59(48)58)40-21-23-43-44-25-27-46-57-41-14-6-5-13-39(41)33-50-60(57)74(61(46)65(44)76-56(43)34-40)68-64(50)72(2)54-18-10-8-16-52(54)70-68/h3-34,53-54H,1-2H3. The van der Waals surface area contributed by atoms with Crippen molar-refractivity contribution in [2.24, 2.45) is 9.98 Å². The molecule has 4 aliphatic rings. The Kier molecular flexibility index (Phi) is 7.42. The van der Waals surface area contributed by atoms with Crippen molar-refractivity contribution in [3.05, 3.63) is 194 Å². The van der Waals surface area contributed by atoms with Crippen LogP contribution in [0.2, 0.25) is 0 Å². The summed E-state index contributed by atoms with van der Waals surface area (Å²) in [6.07, 6.45) is 17.4. The summed E-state index contributed by atoms with van der Waals surface area (Å²) in [5.41, 5.74) is 14.4. The van der Waals surface area contributed by atoms with Crippen molar-refractivity contribution in [2.45, 2.75) is 12.1 Å². The number of thiophene rings is 2. The van der Waals surface area contributed by atoms with E-state index in [0.717, 1.165) is 23.1 Å². The SMILES string of the molecule is CN1c2c(n3c4c(ccc5c6cc(-c7ccc8ccccc8c7)ccc6sc54)c4c(-c5ccc6c(c5)sc5c6ccc6c7c8ccccc8cc8c9c(n(c65)c87)N=C5C=CC=CC5N9C)ccc2c43)N=C2C=CC=CC21. The molecule has 0 saturated heterocycles. The average molecular weight is 1010 g/mol. The zero-order chi connectivity index (χ0) is 49.4. The maximum absolute atomic E-state index is 5.57. The van der Waals surface area contributed by atoms with E-state index < -0.39 is 0 Å².